The fraction of sp³-hybridized carbons (Fsp3) is 0.259. The number of hydrogen-bond donors (Lipinski definition) is 1. The SMILES string of the molecule is CCCN(CC)Cc1ccc(N=C(c2ccccc2)C2C(=O)Nc3cc(Cl)ccc32)cc1. The Labute approximate surface area is 194 Å². The highest BCUT2D eigenvalue weighted by molar-refractivity contribution is 6.31. The lowest BCUT2D eigenvalue weighted by Gasteiger charge is -2.19. The Morgan fingerprint density at radius 3 is 2.47 bits per heavy atom. The van der Waals surface area contributed by atoms with Crippen LogP contribution >= 0.6 is 11.6 Å². The van der Waals surface area contributed by atoms with E-state index in [0.29, 0.717) is 5.02 Å². The maximum absolute atomic E-state index is 13.0. The van der Waals surface area contributed by atoms with Crippen LogP contribution < -0.4 is 5.32 Å². The molecule has 3 aromatic rings. The molecule has 1 atom stereocenters. The number of amides is 1. The lowest BCUT2D eigenvalue weighted by atomic mass is 9.90. The van der Waals surface area contributed by atoms with E-state index < -0.39 is 5.92 Å². The Balaban J connectivity index is 1.69. The molecule has 0 spiro atoms. The molecule has 32 heavy (non-hydrogen) atoms. The molecule has 1 aliphatic heterocycles. The summed E-state index contributed by atoms with van der Waals surface area (Å²) in [6.45, 7) is 7.45. The van der Waals surface area contributed by atoms with Gasteiger partial charge >= 0.3 is 0 Å². The van der Waals surface area contributed by atoms with Gasteiger partial charge in [0.15, 0.2) is 0 Å². The summed E-state index contributed by atoms with van der Waals surface area (Å²) in [5.74, 6) is -0.566. The van der Waals surface area contributed by atoms with E-state index >= 15 is 0 Å². The first kappa shape index (κ1) is 22.3. The van der Waals surface area contributed by atoms with Gasteiger partial charge in [-0.2, -0.15) is 0 Å². The second-order valence-corrected chi connectivity index (χ2v) is 8.49. The van der Waals surface area contributed by atoms with Crippen LogP contribution in [0.25, 0.3) is 0 Å². The van der Waals surface area contributed by atoms with Crippen molar-refractivity contribution in [3.8, 4) is 0 Å². The zero-order chi connectivity index (χ0) is 22.5. The minimum absolute atomic E-state index is 0.0837. The molecule has 3 aromatic carbocycles. The van der Waals surface area contributed by atoms with E-state index in [1.54, 1.807) is 6.07 Å². The van der Waals surface area contributed by atoms with Crippen LogP contribution in [0, 0.1) is 0 Å². The van der Waals surface area contributed by atoms with Crippen LogP contribution in [-0.2, 0) is 11.3 Å². The maximum Gasteiger partial charge on any atom is 0.238 e. The van der Waals surface area contributed by atoms with Crippen LogP contribution in [0.5, 0.6) is 0 Å². The van der Waals surface area contributed by atoms with Gasteiger partial charge in [-0.3, -0.25) is 14.7 Å². The lowest BCUT2D eigenvalue weighted by molar-refractivity contribution is -0.115. The molecule has 1 heterocycles. The number of rotatable bonds is 8. The van der Waals surface area contributed by atoms with Gasteiger partial charge in [0.05, 0.1) is 11.4 Å². The van der Waals surface area contributed by atoms with Crippen molar-refractivity contribution in [2.24, 2.45) is 4.99 Å². The summed E-state index contributed by atoms with van der Waals surface area (Å²) in [7, 11) is 0. The van der Waals surface area contributed by atoms with Crippen LogP contribution in [0.3, 0.4) is 0 Å². The number of anilines is 1. The summed E-state index contributed by atoms with van der Waals surface area (Å²) in [5.41, 5.74) is 5.41. The third-order valence-electron chi connectivity index (χ3n) is 5.77. The smallest absolute Gasteiger partial charge is 0.238 e. The highest BCUT2D eigenvalue weighted by Crippen LogP contribution is 2.37. The van der Waals surface area contributed by atoms with Crippen molar-refractivity contribution in [1.29, 1.82) is 0 Å². The summed E-state index contributed by atoms with van der Waals surface area (Å²) < 4.78 is 0. The van der Waals surface area contributed by atoms with Gasteiger partial charge in [0, 0.05) is 17.3 Å². The summed E-state index contributed by atoms with van der Waals surface area (Å²) in [5, 5.41) is 3.56. The Hall–Kier alpha value is -2.95. The molecule has 5 heteroatoms. The predicted molar refractivity (Wildman–Crippen MR) is 133 cm³/mol. The fourth-order valence-electron chi connectivity index (χ4n) is 4.15. The first-order chi connectivity index (χ1) is 15.6. The minimum atomic E-state index is -0.482. The summed E-state index contributed by atoms with van der Waals surface area (Å²) in [6, 6.07) is 23.8. The number of carbonyl (C=O) groups excluding carboxylic acids is 1. The molecule has 1 aliphatic rings. The Morgan fingerprint density at radius 1 is 1.03 bits per heavy atom. The summed E-state index contributed by atoms with van der Waals surface area (Å²) in [6.07, 6.45) is 1.15. The highest BCUT2D eigenvalue weighted by atomic mass is 35.5. The zero-order valence-corrected chi connectivity index (χ0v) is 19.3. The molecule has 0 fully saturated rings. The number of carbonyl (C=O) groups is 1. The molecule has 0 saturated carbocycles. The van der Waals surface area contributed by atoms with E-state index in [1.165, 1.54) is 5.56 Å². The average molecular weight is 446 g/mol. The van der Waals surface area contributed by atoms with Gasteiger partial charge in [0.2, 0.25) is 5.91 Å². The number of hydrogen-bond acceptors (Lipinski definition) is 3. The summed E-state index contributed by atoms with van der Waals surface area (Å²) >= 11 is 6.14. The molecule has 0 radical (unpaired) electrons. The molecule has 0 saturated heterocycles. The van der Waals surface area contributed by atoms with Crippen molar-refractivity contribution in [2.75, 3.05) is 18.4 Å². The van der Waals surface area contributed by atoms with Gasteiger partial charge in [0.25, 0.3) is 0 Å². The van der Waals surface area contributed by atoms with Gasteiger partial charge in [-0.25, -0.2) is 0 Å². The number of benzene rings is 3. The van der Waals surface area contributed by atoms with E-state index in [9.17, 15) is 4.79 Å². The van der Waals surface area contributed by atoms with Gasteiger partial charge in [-0.05, 0) is 60.5 Å². The molecular formula is C27H28ClN3O. The molecule has 0 aliphatic carbocycles. The van der Waals surface area contributed by atoms with Crippen molar-refractivity contribution < 1.29 is 4.79 Å². The zero-order valence-electron chi connectivity index (χ0n) is 18.5. The molecule has 164 valence electrons. The van der Waals surface area contributed by atoms with Crippen molar-refractivity contribution in [2.45, 2.75) is 32.7 Å². The van der Waals surface area contributed by atoms with E-state index in [-0.39, 0.29) is 5.91 Å². The molecular weight excluding hydrogens is 418 g/mol. The fourth-order valence-corrected chi connectivity index (χ4v) is 4.32. The molecule has 4 rings (SSSR count). The average Bonchev–Trinajstić information content (AvgIpc) is 3.13. The monoisotopic (exact) mass is 445 g/mol. The number of nitrogens with one attached hydrogen (secondary N) is 1. The summed E-state index contributed by atoms with van der Waals surface area (Å²) in [4.78, 5) is 20.4. The Kier molecular flexibility index (Phi) is 7.03. The van der Waals surface area contributed by atoms with Gasteiger partial charge in [-0.1, -0.05) is 74.0 Å². The third-order valence-corrected chi connectivity index (χ3v) is 6.00. The van der Waals surface area contributed by atoms with Crippen molar-refractivity contribution in [3.63, 3.8) is 0 Å². The standard InChI is InChI=1S/C27H28ClN3O/c1-3-16-31(4-2)18-19-10-13-22(14-11-19)29-26(20-8-6-5-7-9-20)25-23-15-12-21(28)17-24(23)30-27(25)32/h5-15,17,25H,3-4,16,18H2,1-2H3,(H,30,32). The maximum atomic E-state index is 13.0. The molecule has 4 nitrogen and oxygen atoms in total. The van der Waals surface area contributed by atoms with Crippen LogP contribution in [-0.4, -0.2) is 29.6 Å². The molecule has 1 unspecified atom stereocenters. The number of fused-ring (bicyclic) bond motifs is 1. The Bertz CT molecular complexity index is 1110. The lowest BCUT2D eigenvalue weighted by Crippen LogP contribution is -2.23. The van der Waals surface area contributed by atoms with E-state index in [4.69, 9.17) is 16.6 Å². The minimum Gasteiger partial charge on any atom is -0.325 e. The first-order valence-electron chi connectivity index (χ1n) is 11.1. The van der Waals surface area contributed by atoms with Crippen molar-refractivity contribution in [1.82, 2.24) is 4.90 Å². The molecule has 1 amide bonds. The van der Waals surface area contributed by atoms with E-state index in [2.05, 4.69) is 36.2 Å². The second-order valence-electron chi connectivity index (χ2n) is 8.05. The topological polar surface area (TPSA) is 44.7 Å². The number of halogens is 1. The molecule has 1 N–H and O–H groups in total. The molecule has 0 bridgehead atoms. The van der Waals surface area contributed by atoms with E-state index in [1.807, 2.05) is 54.6 Å². The van der Waals surface area contributed by atoms with E-state index in [0.717, 1.165) is 54.3 Å². The van der Waals surface area contributed by atoms with Gasteiger partial charge in [-0.15, -0.1) is 0 Å². The van der Waals surface area contributed by atoms with Crippen LogP contribution in [0.4, 0.5) is 11.4 Å². The predicted octanol–water partition coefficient (Wildman–Crippen LogP) is 6.43. The van der Waals surface area contributed by atoms with Crippen LogP contribution in [0.1, 0.15) is 42.9 Å². The van der Waals surface area contributed by atoms with Gasteiger partial charge in [0.1, 0.15) is 5.92 Å². The molecule has 0 aromatic heterocycles. The van der Waals surface area contributed by atoms with Crippen LogP contribution in [0.15, 0.2) is 77.8 Å². The quantitative estimate of drug-likeness (QED) is 0.406. The Morgan fingerprint density at radius 2 is 1.78 bits per heavy atom. The van der Waals surface area contributed by atoms with Crippen molar-refractivity contribution >= 4 is 34.6 Å². The normalized spacial score (nSPS) is 15.7. The second kappa shape index (κ2) is 10.1. The largest absolute Gasteiger partial charge is 0.325 e. The number of nitrogens with zero attached hydrogens (tertiary/aromatic N) is 2. The number of aliphatic imine (C=N–C) groups is 1. The van der Waals surface area contributed by atoms with Crippen molar-refractivity contribution in [3.05, 3.63) is 94.5 Å². The third kappa shape index (κ3) is 4.93. The van der Waals surface area contributed by atoms with Crippen LogP contribution in [0.2, 0.25) is 5.02 Å². The highest BCUT2D eigenvalue weighted by Gasteiger charge is 2.35. The first-order valence-corrected chi connectivity index (χ1v) is 11.5. The van der Waals surface area contributed by atoms with Gasteiger partial charge < -0.3 is 5.32 Å².